The van der Waals surface area contributed by atoms with Crippen LogP contribution in [0.3, 0.4) is 0 Å². The maximum Gasteiger partial charge on any atom is 0.258 e. The molecule has 1 heterocycles. The molecule has 0 aromatic heterocycles. The lowest BCUT2D eigenvalue weighted by Crippen LogP contribution is -2.53. The van der Waals surface area contributed by atoms with E-state index in [1.165, 1.54) is 11.1 Å². The number of amides is 1. The van der Waals surface area contributed by atoms with Gasteiger partial charge in [-0.1, -0.05) is 42.5 Å². The van der Waals surface area contributed by atoms with Crippen molar-refractivity contribution in [2.45, 2.75) is 51.2 Å². The van der Waals surface area contributed by atoms with Gasteiger partial charge in [0.25, 0.3) is 5.91 Å². The van der Waals surface area contributed by atoms with Crippen molar-refractivity contribution < 1.29 is 19.8 Å². The standard InChI is InChI=1S/C24H30N2O4/c1-23(2)15-21(24(3,4)26(23)29)25-22(28)16-30-20-13-18(12-19(27)14-20)11-10-17-8-6-5-7-9-17/h5-14,21,27,29H,15-16H2,1-4H3,(H,25,28)/b11-10+. The number of hydroxylamine groups is 2. The summed E-state index contributed by atoms with van der Waals surface area (Å²) in [5.41, 5.74) is 0.805. The topological polar surface area (TPSA) is 82.0 Å². The number of ether oxygens (including phenoxy) is 1. The Balaban J connectivity index is 1.61. The second-order valence-corrected chi connectivity index (χ2v) is 8.90. The molecule has 3 rings (SSSR count). The third-order valence-electron chi connectivity index (χ3n) is 5.56. The largest absolute Gasteiger partial charge is 0.508 e. The molecule has 1 aliphatic heterocycles. The van der Waals surface area contributed by atoms with Crippen LogP contribution in [0.2, 0.25) is 0 Å². The lowest BCUT2D eigenvalue weighted by atomic mass is 9.94. The number of benzene rings is 2. The molecule has 1 fully saturated rings. The van der Waals surface area contributed by atoms with E-state index in [9.17, 15) is 15.1 Å². The number of phenols is 1. The molecule has 1 unspecified atom stereocenters. The maximum absolute atomic E-state index is 12.4. The predicted octanol–water partition coefficient (Wildman–Crippen LogP) is 4.08. The van der Waals surface area contributed by atoms with Gasteiger partial charge in [0.05, 0.1) is 11.6 Å². The number of hydrogen-bond acceptors (Lipinski definition) is 5. The van der Waals surface area contributed by atoms with E-state index in [1.54, 1.807) is 12.1 Å². The zero-order valence-electron chi connectivity index (χ0n) is 17.9. The van der Waals surface area contributed by atoms with Crippen molar-refractivity contribution in [1.29, 1.82) is 0 Å². The molecule has 1 aliphatic rings. The minimum Gasteiger partial charge on any atom is -0.508 e. The van der Waals surface area contributed by atoms with Crippen LogP contribution in [-0.2, 0) is 4.79 Å². The normalized spacial score (nSPS) is 20.4. The summed E-state index contributed by atoms with van der Waals surface area (Å²) >= 11 is 0. The van der Waals surface area contributed by atoms with E-state index in [1.807, 2.05) is 70.2 Å². The Morgan fingerprint density at radius 2 is 1.80 bits per heavy atom. The highest BCUT2D eigenvalue weighted by molar-refractivity contribution is 5.78. The zero-order valence-corrected chi connectivity index (χ0v) is 17.9. The molecular formula is C24H30N2O4. The van der Waals surface area contributed by atoms with Gasteiger partial charge in [-0.25, -0.2) is 0 Å². The number of carbonyl (C=O) groups is 1. The van der Waals surface area contributed by atoms with E-state index in [0.29, 0.717) is 12.2 Å². The zero-order chi connectivity index (χ0) is 21.9. The summed E-state index contributed by atoms with van der Waals surface area (Å²) in [6.07, 6.45) is 4.44. The third kappa shape index (κ3) is 5.01. The SMILES string of the molecule is CC1(C)CC(NC(=O)COc2cc(O)cc(/C=C/c3ccccc3)c2)C(C)(C)N1O. The molecule has 2 aromatic rings. The highest BCUT2D eigenvalue weighted by Crippen LogP contribution is 2.39. The summed E-state index contributed by atoms with van der Waals surface area (Å²) in [6.45, 7) is 7.50. The lowest BCUT2D eigenvalue weighted by Gasteiger charge is -2.35. The monoisotopic (exact) mass is 410 g/mol. The second-order valence-electron chi connectivity index (χ2n) is 8.90. The van der Waals surface area contributed by atoms with E-state index in [-0.39, 0.29) is 24.3 Å². The first-order valence-electron chi connectivity index (χ1n) is 10.1. The molecular weight excluding hydrogens is 380 g/mol. The van der Waals surface area contributed by atoms with Gasteiger partial charge in [-0.15, -0.1) is 0 Å². The molecule has 6 heteroatoms. The summed E-state index contributed by atoms with van der Waals surface area (Å²) < 4.78 is 5.62. The van der Waals surface area contributed by atoms with E-state index < -0.39 is 11.1 Å². The predicted molar refractivity (Wildman–Crippen MR) is 117 cm³/mol. The second kappa shape index (κ2) is 8.50. The van der Waals surface area contributed by atoms with Crippen LogP contribution in [-0.4, -0.2) is 45.0 Å². The van der Waals surface area contributed by atoms with Gasteiger partial charge in [0, 0.05) is 11.6 Å². The van der Waals surface area contributed by atoms with E-state index in [0.717, 1.165) is 11.1 Å². The van der Waals surface area contributed by atoms with Crippen molar-refractivity contribution in [2.24, 2.45) is 0 Å². The van der Waals surface area contributed by atoms with Gasteiger partial charge in [-0.05, 0) is 57.4 Å². The van der Waals surface area contributed by atoms with Crippen LogP contribution in [0, 0.1) is 0 Å². The number of hydrogen-bond donors (Lipinski definition) is 3. The molecule has 0 radical (unpaired) electrons. The Morgan fingerprint density at radius 1 is 1.13 bits per heavy atom. The number of nitrogens with one attached hydrogen (secondary N) is 1. The number of phenolic OH excluding ortho intramolecular Hbond substituents is 1. The van der Waals surface area contributed by atoms with Crippen LogP contribution in [0.1, 0.15) is 45.2 Å². The molecule has 1 amide bonds. The lowest BCUT2D eigenvalue weighted by molar-refractivity contribution is -0.194. The van der Waals surface area contributed by atoms with Crippen LogP contribution in [0.15, 0.2) is 48.5 Å². The first-order chi connectivity index (χ1) is 14.1. The summed E-state index contributed by atoms with van der Waals surface area (Å²) in [6, 6.07) is 14.5. The average molecular weight is 411 g/mol. The van der Waals surface area contributed by atoms with E-state index in [2.05, 4.69) is 5.32 Å². The Labute approximate surface area is 177 Å². The van der Waals surface area contributed by atoms with Gasteiger partial charge in [-0.3, -0.25) is 4.79 Å². The number of carbonyl (C=O) groups excluding carboxylic acids is 1. The number of rotatable bonds is 6. The molecule has 0 aliphatic carbocycles. The van der Waals surface area contributed by atoms with Crippen LogP contribution in [0.4, 0.5) is 0 Å². The maximum atomic E-state index is 12.4. The summed E-state index contributed by atoms with van der Waals surface area (Å²) in [5, 5.41) is 24.7. The van der Waals surface area contributed by atoms with Crippen molar-refractivity contribution in [2.75, 3.05) is 6.61 Å². The third-order valence-corrected chi connectivity index (χ3v) is 5.56. The Hall–Kier alpha value is -2.83. The molecule has 0 saturated carbocycles. The Bertz CT molecular complexity index is 922. The molecule has 160 valence electrons. The minimum atomic E-state index is -0.584. The number of nitrogens with zero attached hydrogens (tertiary/aromatic N) is 1. The summed E-state index contributed by atoms with van der Waals surface area (Å²) in [7, 11) is 0. The molecule has 6 nitrogen and oxygen atoms in total. The summed E-state index contributed by atoms with van der Waals surface area (Å²) in [4.78, 5) is 12.4. The van der Waals surface area contributed by atoms with Gasteiger partial charge in [0.15, 0.2) is 6.61 Å². The fourth-order valence-electron chi connectivity index (χ4n) is 3.92. The highest BCUT2D eigenvalue weighted by atomic mass is 16.5. The van der Waals surface area contributed by atoms with Crippen molar-refractivity contribution in [1.82, 2.24) is 10.4 Å². The highest BCUT2D eigenvalue weighted by Gasteiger charge is 2.51. The molecule has 0 bridgehead atoms. The van der Waals surface area contributed by atoms with Crippen LogP contribution < -0.4 is 10.1 Å². The quantitative estimate of drug-likeness (QED) is 0.625. The van der Waals surface area contributed by atoms with Crippen LogP contribution in [0.5, 0.6) is 11.5 Å². The fourth-order valence-corrected chi connectivity index (χ4v) is 3.92. The van der Waals surface area contributed by atoms with Gasteiger partial charge >= 0.3 is 0 Å². The van der Waals surface area contributed by atoms with E-state index >= 15 is 0 Å². The van der Waals surface area contributed by atoms with Gasteiger partial charge in [0.1, 0.15) is 11.5 Å². The molecule has 30 heavy (non-hydrogen) atoms. The van der Waals surface area contributed by atoms with Gasteiger partial charge in [0.2, 0.25) is 0 Å². The first-order valence-corrected chi connectivity index (χ1v) is 10.1. The smallest absolute Gasteiger partial charge is 0.258 e. The Morgan fingerprint density at radius 3 is 2.43 bits per heavy atom. The fraction of sp³-hybridized carbons (Fsp3) is 0.375. The molecule has 1 saturated heterocycles. The van der Waals surface area contributed by atoms with Crippen LogP contribution in [0.25, 0.3) is 12.2 Å². The minimum absolute atomic E-state index is 0.0650. The van der Waals surface area contributed by atoms with E-state index in [4.69, 9.17) is 4.74 Å². The van der Waals surface area contributed by atoms with Crippen molar-refractivity contribution in [3.05, 3.63) is 59.7 Å². The van der Waals surface area contributed by atoms with Crippen molar-refractivity contribution in [3.8, 4) is 11.5 Å². The van der Waals surface area contributed by atoms with Crippen molar-refractivity contribution in [3.63, 3.8) is 0 Å². The molecule has 1 atom stereocenters. The number of aromatic hydroxyl groups is 1. The first kappa shape index (κ1) is 21.9. The van der Waals surface area contributed by atoms with Crippen molar-refractivity contribution >= 4 is 18.1 Å². The average Bonchev–Trinajstić information content (AvgIpc) is 2.84. The van der Waals surface area contributed by atoms with Crippen LogP contribution >= 0.6 is 0 Å². The Kier molecular flexibility index (Phi) is 6.19. The molecule has 3 N–H and O–H groups in total. The molecule has 2 aromatic carbocycles. The molecule has 0 spiro atoms. The van der Waals surface area contributed by atoms with Gasteiger partial charge in [-0.2, -0.15) is 5.06 Å². The summed E-state index contributed by atoms with van der Waals surface area (Å²) in [5.74, 6) is 0.201. The van der Waals surface area contributed by atoms with Gasteiger partial charge < -0.3 is 20.4 Å².